The Bertz CT molecular complexity index is 699. The number of allylic oxidation sites excluding steroid dienone is 1. The van der Waals surface area contributed by atoms with E-state index in [0.29, 0.717) is 5.56 Å². The van der Waals surface area contributed by atoms with E-state index in [1.54, 1.807) is 6.07 Å². The van der Waals surface area contributed by atoms with Crippen molar-refractivity contribution in [2.24, 2.45) is 0 Å². The number of esters is 1. The van der Waals surface area contributed by atoms with Gasteiger partial charge in [-0.3, -0.25) is 14.4 Å². The van der Waals surface area contributed by atoms with Crippen LogP contribution >= 0.6 is 11.3 Å². The molecule has 0 radical (unpaired) electrons. The molecule has 7 heteroatoms. The minimum Gasteiger partial charge on any atom is -0.508 e. The molecular formula is C17H21NO5S. The summed E-state index contributed by atoms with van der Waals surface area (Å²) in [5.74, 6) is -1.72. The maximum absolute atomic E-state index is 12.1. The third-order valence-corrected chi connectivity index (χ3v) is 4.25. The Morgan fingerprint density at radius 3 is 2.29 bits per heavy atom. The molecule has 1 aromatic heterocycles. The molecule has 0 aliphatic carbocycles. The first-order valence-electron chi connectivity index (χ1n) is 7.38. The number of Topliss-reactive ketones (excluding diaryl/α,β-unsaturated/α-hetero) is 2. The summed E-state index contributed by atoms with van der Waals surface area (Å²) in [6.07, 6.45) is -0.0943. The number of rotatable bonds is 8. The van der Waals surface area contributed by atoms with E-state index in [1.807, 2.05) is 13.8 Å². The summed E-state index contributed by atoms with van der Waals surface area (Å²) in [6.45, 7) is 5.85. The largest absolute Gasteiger partial charge is 0.508 e. The zero-order valence-corrected chi connectivity index (χ0v) is 15.0. The lowest BCUT2D eigenvalue weighted by atomic mass is 10.1. The molecule has 0 fully saturated rings. The van der Waals surface area contributed by atoms with E-state index >= 15 is 0 Å². The number of hydrogen-bond acceptors (Lipinski definition) is 7. The molecule has 24 heavy (non-hydrogen) atoms. The van der Waals surface area contributed by atoms with Crippen molar-refractivity contribution in [1.82, 2.24) is 0 Å². The monoisotopic (exact) mass is 351 g/mol. The van der Waals surface area contributed by atoms with Gasteiger partial charge in [0.25, 0.3) is 0 Å². The first-order valence-corrected chi connectivity index (χ1v) is 8.19. The highest BCUT2D eigenvalue weighted by Crippen LogP contribution is 2.22. The van der Waals surface area contributed by atoms with Crippen molar-refractivity contribution in [3.8, 4) is 0 Å². The van der Waals surface area contributed by atoms with Gasteiger partial charge in [-0.15, -0.1) is 11.3 Å². The van der Waals surface area contributed by atoms with Crippen LogP contribution in [0.15, 0.2) is 17.4 Å². The Morgan fingerprint density at radius 1 is 1.21 bits per heavy atom. The highest BCUT2D eigenvalue weighted by molar-refractivity contribution is 7.12. The molecule has 0 unspecified atom stereocenters. The van der Waals surface area contributed by atoms with Crippen LogP contribution in [-0.2, 0) is 14.3 Å². The average molecular weight is 351 g/mol. The van der Waals surface area contributed by atoms with E-state index in [0.717, 1.165) is 9.75 Å². The van der Waals surface area contributed by atoms with Crippen molar-refractivity contribution in [1.29, 1.82) is 5.41 Å². The Balaban J connectivity index is 2.57. The third-order valence-electron chi connectivity index (χ3n) is 3.28. The van der Waals surface area contributed by atoms with E-state index in [1.165, 1.54) is 25.2 Å². The van der Waals surface area contributed by atoms with Crippen LogP contribution in [0, 0.1) is 19.3 Å². The van der Waals surface area contributed by atoms with Gasteiger partial charge in [0.1, 0.15) is 12.4 Å². The fourth-order valence-electron chi connectivity index (χ4n) is 2.23. The second-order valence-electron chi connectivity index (χ2n) is 5.41. The first-order chi connectivity index (χ1) is 11.1. The average Bonchev–Trinajstić information content (AvgIpc) is 2.80. The molecule has 2 N–H and O–H groups in total. The number of hydrogen-bond donors (Lipinski definition) is 2. The van der Waals surface area contributed by atoms with Gasteiger partial charge in [-0.25, -0.2) is 0 Å². The summed E-state index contributed by atoms with van der Waals surface area (Å²) in [5.41, 5.74) is 0.351. The predicted molar refractivity (Wildman–Crippen MR) is 92.1 cm³/mol. The molecule has 0 bridgehead atoms. The molecule has 0 atom stereocenters. The van der Waals surface area contributed by atoms with Crippen molar-refractivity contribution in [2.45, 2.75) is 40.5 Å². The summed E-state index contributed by atoms with van der Waals surface area (Å²) in [7, 11) is 0. The van der Waals surface area contributed by atoms with Crippen LogP contribution < -0.4 is 0 Å². The van der Waals surface area contributed by atoms with Crippen LogP contribution in [-0.4, -0.2) is 35.0 Å². The number of aliphatic hydroxyl groups is 1. The first kappa shape index (κ1) is 19.8. The van der Waals surface area contributed by atoms with E-state index in [9.17, 15) is 19.5 Å². The maximum Gasteiger partial charge on any atom is 0.306 e. The molecule has 0 spiro atoms. The molecule has 1 rings (SSSR count). The molecule has 6 nitrogen and oxygen atoms in total. The van der Waals surface area contributed by atoms with Crippen molar-refractivity contribution in [3.63, 3.8) is 0 Å². The lowest BCUT2D eigenvalue weighted by Crippen LogP contribution is -2.15. The SMILES string of the molecule is CC(=N)/C(C(C)=O)=C(\O)COC(=O)CCC(=O)c1cc(C)sc1C. The Labute approximate surface area is 144 Å². The highest BCUT2D eigenvalue weighted by Gasteiger charge is 2.17. The van der Waals surface area contributed by atoms with Crippen molar-refractivity contribution in [2.75, 3.05) is 6.61 Å². The van der Waals surface area contributed by atoms with Gasteiger partial charge in [-0.05, 0) is 33.8 Å². The zero-order valence-electron chi connectivity index (χ0n) is 14.2. The van der Waals surface area contributed by atoms with Gasteiger partial charge in [-0.2, -0.15) is 0 Å². The van der Waals surface area contributed by atoms with E-state index in [4.69, 9.17) is 10.1 Å². The standard InChI is InChI=1S/C17H21NO5S/c1-9-7-13(12(4)24-9)14(20)5-6-16(22)23-8-15(21)17(10(2)18)11(3)19/h7,18,21H,5-6,8H2,1-4H3/b17-15+,18-10?. The van der Waals surface area contributed by atoms with E-state index in [-0.39, 0.29) is 29.9 Å². The Kier molecular flexibility index (Phi) is 7.03. The van der Waals surface area contributed by atoms with Gasteiger partial charge in [0, 0.05) is 27.5 Å². The Morgan fingerprint density at radius 2 is 1.83 bits per heavy atom. The van der Waals surface area contributed by atoms with Gasteiger partial charge < -0.3 is 15.3 Å². The van der Waals surface area contributed by atoms with E-state index < -0.39 is 24.1 Å². The quantitative estimate of drug-likeness (QED) is 0.246. The number of ketones is 2. The molecule has 0 aliphatic rings. The normalized spacial score (nSPS) is 11.7. The van der Waals surface area contributed by atoms with E-state index in [2.05, 4.69) is 0 Å². The number of thiophene rings is 1. The van der Waals surface area contributed by atoms with Crippen LogP contribution in [0.1, 0.15) is 46.8 Å². The lowest BCUT2D eigenvalue weighted by Gasteiger charge is -2.08. The van der Waals surface area contributed by atoms with Crippen molar-refractivity contribution >= 4 is 34.6 Å². The number of aryl methyl sites for hydroxylation is 2. The molecular weight excluding hydrogens is 330 g/mol. The molecule has 1 aromatic rings. The van der Waals surface area contributed by atoms with Crippen LogP contribution in [0.4, 0.5) is 0 Å². The number of ether oxygens (including phenoxy) is 1. The fourth-order valence-corrected chi connectivity index (χ4v) is 3.18. The Hall–Kier alpha value is -2.28. The van der Waals surface area contributed by atoms with Crippen LogP contribution in [0.3, 0.4) is 0 Å². The zero-order chi connectivity index (χ0) is 18.4. The second kappa shape index (κ2) is 8.54. The number of nitrogens with one attached hydrogen (secondary N) is 1. The van der Waals surface area contributed by atoms with Crippen LogP contribution in [0.2, 0.25) is 0 Å². The molecule has 0 amide bonds. The van der Waals surface area contributed by atoms with Crippen molar-refractivity contribution < 1.29 is 24.2 Å². The van der Waals surface area contributed by atoms with Crippen LogP contribution in [0.5, 0.6) is 0 Å². The summed E-state index contributed by atoms with van der Waals surface area (Å²) in [5, 5.41) is 17.2. The summed E-state index contributed by atoms with van der Waals surface area (Å²) in [6, 6.07) is 1.80. The number of carbonyl (C=O) groups excluding carboxylic acids is 3. The number of carbonyl (C=O) groups is 3. The van der Waals surface area contributed by atoms with Gasteiger partial charge in [-0.1, -0.05) is 0 Å². The van der Waals surface area contributed by atoms with Gasteiger partial charge in [0.15, 0.2) is 11.6 Å². The van der Waals surface area contributed by atoms with Gasteiger partial charge in [0.05, 0.1) is 12.0 Å². The lowest BCUT2D eigenvalue weighted by molar-refractivity contribution is -0.143. The minimum absolute atomic E-state index is 0.0173. The van der Waals surface area contributed by atoms with Gasteiger partial charge in [0.2, 0.25) is 0 Å². The molecule has 0 saturated heterocycles. The molecule has 130 valence electrons. The predicted octanol–water partition coefficient (Wildman–Crippen LogP) is 3.31. The minimum atomic E-state index is -0.648. The smallest absolute Gasteiger partial charge is 0.306 e. The van der Waals surface area contributed by atoms with Crippen molar-refractivity contribution in [3.05, 3.63) is 32.7 Å². The molecule has 0 aromatic carbocycles. The summed E-state index contributed by atoms with van der Waals surface area (Å²) in [4.78, 5) is 37.1. The molecule has 0 aliphatic heterocycles. The highest BCUT2D eigenvalue weighted by atomic mass is 32.1. The molecule has 1 heterocycles. The maximum atomic E-state index is 12.1. The van der Waals surface area contributed by atoms with Crippen LogP contribution in [0.25, 0.3) is 0 Å². The second-order valence-corrected chi connectivity index (χ2v) is 6.87. The topological polar surface area (TPSA) is 105 Å². The fraction of sp³-hybridized carbons (Fsp3) is 0.412. The third kappa shape index (κ3) is 5.42. The molecule has 0 saturated carbocycles. The number of aliphatic hydroxyl groups excluding tert-OH is 1. The summed E-state index contributed by atoms with van der Waals surface area (Å²) < 4.78 is 4.86. The van der Waals surface area contributed by atoms with Gasteiger partial charge >= 0.3 is 5.97 Å². The summed E-state index contributed by atoms with van der Waals surface area (Å²) >= 11 is 1.53.